The molecule has 1 aromatic carbocycles. The fourth-order valence-corrected chi connectivity index (χ4v) is 2.82. The number of carbonyl (C=O) groups excluding carboxylic acids is 1. The van der Waals surface area contributed by atoms with Crippen molar-refractivity contribution in [2.45, 2.75) is 24.7 Å². The van der Waals surface area contributed by atoms with Gasteiger partial charge < -0.3 is 9.73 Å². The van der Waals surface area contributed by atoms with E-state index in [4.69, 9.17) is 4.42 Å². The number of nitrogens with zero attached hydrogens (tertiary/aromatic N) is 1. The molecule has 0 aliphatic carbocycles. The number of fused-ring (bicyclic) bond motifs is 1. The first-order valence-corrected chi connectivity index (χ1v) is 8.23. The van der Waals surface area contributed by atoms with Gasteiger partial charge in [0, 0.05) is 19.7 Å². The lowest BCUT2D eigenvalue weighted by atomic mass is 10.3. The number of sulfonamides is 1. The van der Waals surface area contributed by atoms with Crippen LogP contribution in [-0.2, 0) is 17.1 Å². The molecule has 0 saturated heterocycles. The number of oxazole rings is 1. The summed E-state index contributed by atoms with van der Waals surface area (Å²) in [5.41, 5.74) is 0.609. The number of urea groups is 1. The minimum atomic E-state index is -4.03. The summed E-state index contributed by atoms with van der Waals surface area (Å²) in [5.74, 6) is -0.588. The summed E-state index contributed by atoms with van der Waals surface area (Å²) >= 11 is 0. The molecular weight excluding hydrogens is 310 g/mol. The lowest BCUT2D eigenvalue weighted by Crippen LogP contribution is -2.39. The van der Waals surface area contributed by atoms with Crippen molar-refractivity contribution in [3.05, 3.63) is 28.7 Å². The summed E-state index contributed by atoms with van der Waals surface area (Å²) in [6, 6.07) is 3.17. The van der Waals surface area contributed by atoms with Crippen LogP contribution in [0, 0.1) is 0 Å². The maximum Gasteiger partial charge on any atom is 0.419 e. The predicted molar refractivity (Wildman–Crippen MR) is 80.1 cm³/mol. The van der Waals surface area contributed by atoms with Gasteiger partial charge in [0.05, 0.1) is 10.4 Å². The standard InChI is InChI=1S/C13H17N3O5S/c1-3-4-7-14-12(17)15-22(19,20)9-5-6-10-11(8-9)21-13(18)16(10)2/h5-6,8H,3-4,7H2,1-2H3,(H2,14,15,17). The van der Waals surface area contributed by atoms with Crippen LogP contribution in [0.2, 0.25) is 0 Å². The number of aromatic nitrogens is 1. The number of hydrogen-bond donors (Lipinski definition) is 2. The SMILES string of the molecule is CCCCNC(=O)NS(=O)(=O)c1ccc2c(c1)oc(=O)n2C. The van der Waals surface area contributed by atoms with Crippen molar-refractivity contribution >= 4 is 27.2 Å². The topological polar surface area (TPSA) is 110 Å². The van der Waals surface area contributed by atoms with Gasteiger partial charge in [0.1, 0.15) is 0 Å². The van der Waals surface area contributed by atoms with Crippen molar-refractivity contribution in [3.8, 4) is 0 Å². The van der Waals surface area contributed by atoms with Gasteiger partial charge in [-0.1, -0.05) is 13.3 Å². The summed E-state index contributed by atoms with van der Waals surface area (Å²) in [5, 5.41) is 2.45. The molecule has 2 aromatic rings. The highest BCUT2D eigenvalue weighted by Crippen LogP contribution is 2.17. The third-order valence-corrected chi connectivity index (χ3v) is 4.45. The largest absolute Gasteiger partial charge is 0.419 e. The number of carbonyl (C=O) groups is 1. The van der Waals surface area contributed by atoms with E-state index in [1.807, 2.05) is 11.6 Å². The molecule has 120 valence electrons. The molecule has 0 aliphatic rings. The first-order valence-electron chi connectivity index (χ1n) is 6.75. The van der Waals surface area contributed by atoms with Gasteiger partial charge in [0.25, 0.3) is 10.0 Å². The highest BCUT2D eigenvalue weighted by molar-refractivity contribution is 7.90. The third kappa shape index (κ3) is 3.30. The lowest BCUT2D eigenvalue weighted by Gasteiger charge is -2.08. The number of benzene rings is 1. The van der Waals surface area contributed by atoms with Crippen molar-refractivity contribution in [1.29, 1.82) is 0 Å². The Kier molecular flexibility index (Phi) is 4.55. The summed E-state index contributed by atoms with van der Waals surface area (Å²) in [6.45, 7) is 2.35. The van der Waals surface area contributed by atoms with Gasteiger partial charge >= 0.3 is 11.8 Å². The van der Waals surface area contributed by atoms with Crippen molar-refractivity contribution in [3.63, 3.8) is 0 Å². The summed E-state index contributed by atoms with van der Waals surface area (Å²) in [6.07, 6.45) is 1.64. The summed E-state index contributed by atoms with van der Waals surface area (Å²) < 4.78 is 32.3. The molecule has 0 fully saturated rings. The number of unbranched alkanes of at least 4 members (excludes halogenated alkanes) is 1. The van der Waals surface area contributed by atoms with Gasteiger partial charge in [-0.3, -0.25) is 4.57 Å². The fourth-order valence-electron chi connectivity index (χ4n) is 1.88. The van der Waals surface area contributed by atoms with Crippen LogP contribution >= 0.6 is 0 Å². The van der Waals surface area contributed by atoms with Crippen molar-refractivity contribution in [1.82, 2.24) is 14.6 Å². The van der Waals surface area contributed by atoms with Crippen LogP contribution in [0.5, 0.6) is 0 Å². The first-order chi connectivity index (χ1) is 10.3. The smallest absolute Gasteiger partial charge is 0.408 e. The molecule has 9 heteroatoms. The molecule has 1 aromatic heterocycles. The Morgan fingerprint density at radius 1 is 1.36 bits per heavy atom. The van der Waals surface area contributed by atoms with Crippen molar-refractivity contribution in [2.24, 2.45) is 7.05 Å². The van der Waals surface area contributed by atoms with Gasteiger partial charge in [0.15, 0.2) is 5.58 Å². The van der Waals surface area contributed by atoms with Crippen LogP contribution in [0.1, 0.15) is 19.8 Å². The molecular formula is C13H17N3O5S. The Hall–Kier alpha value is -2.29. The van der Waals surface area contributed by atoms with E-state index in [9.17, 15) is 18.0 Å². The average Bonchev–Trinajstić information content (AvgIpc) is 2.73. The number of amides is 2. The van der Waals surface area contributed by atoms with Crippen LogP contribution in [0.15, 0.2) is 32.3 Å². The monoisotopic (exact) mass is 327 g/mol. The van der Waals surface area contributed by atoms with Gasteiger partial charge in [0.2, 0.25) is 0 Å². The van der Waals surface area contributed by atoms with Crippen LogP contribution in [0.25, 0.3) is 11.1 Å². The molecule has 0 atom stereocenters. The second-order valence-electron chi connectivity index (χ2n) is 4.77. The fraction of sp³-hybridized carbons (Fsp3) is 0.385. The van der Waals surface area contributed by atoms with E-state index < -0.39 is 21.8 Å². The predicted octanol–water partition coefficient (Wildman–Crippen LogP) is 0.919. The van der Waals surface area contributed by atoms with Gasteiger partial charge in [-0.25, -0.2) is 22.7 Å². The maximum atomic E-state index is 12.1. The average molecular weight is 327 g/mol. The normalized spacial score (nSPS) is 11.5. The zero-order chi connectivity index (χ0) is 16.3. The van der Waals surface area contributed by atoms with Crippen molar-refractivity contribution < 1.29 is 17.6 Å². The molecule has 1 heterocycles. The van der Waals surface area contributed by atoms with E-state index in [0.29, 0.717) is 12.1 Å². The van der Waals surface area contributed by atoms with Gasteiger partial charge in [-0.15, -0.1) is 0 Å². The van der Waals surface area contributed by atoms with Crippen LogP contribution in [0.3, 0.4) is 0 Å². The number of rotatable bonds is 5. The Morgan fingerprint density at radius 3 is 2.77 bits per heavy atom. The summed E-state index contributed by atoms with van der Waals surface area (Å²) in [4.78, 5) is 22.8. The number of hydrogen-bond acceptors (Lipinski definition) is 5. The molecule has 8 nitrogen and oxygen atoms in total. The lowest BCUT2D eigenvalue weighted by molar-refractivity contribution is 0.245. The maximum absolute atomic E-state index is 12.1. The van der Waals surface area contributed by atoms with E-state index in [1.165, 1.54) is 29.8 Å². The van der Waals surface area contributed by atoms with Crippen LogP contribution in [-0.4, -0.2) is 25.6 Å². The Bertz CT molecular complexity index is 850. The van der Waals surface area contributed by atoms with E-state index >= 15 is 0 Å². The highest BCUT2D eigenvalue weighted by atomic mass is 32.2. The Labute approximate surface area is 127 Å². The molecule has 0 saturated carbocycles. The Balaban J connectivity index is 2.22. The van der Waals surface area contributed by atoms with E-state index in [2.05, 4.69) is 5.32 Å². The summed E-state index contributed by atoms with van der Waals surface area (Å²) in [7, 11) is -2.51. The third-order valence-electron chi connectivity index (χ3n) is 3.12. The second-order valence-corrected chi connectivity index (χ2v) is 6.45. The molecule has 0 radical (unpaired) electrons. The zero-order valence-electron chi connectivity index (χ0n) is 12.3. The molecule has 0 aliphatic heterocycles. The Morgan fingerprint density at radius 2 is 2.09 bits per heavy atom. The molecule has 0 spiro atoms. The van der Waals surface area contributed by atoms with Crippen molar-refractivity contribution in [2.75, 3.05) is 6.54 Å². The molecule has 0 unspecified atom stereocenters. The molecule has 2 rings (SSSR count). The molecule has 2 amide bonds. The van der Waals surface area contributed by atoms with Crippen LogP contribution in [0.4, 0.5) is 4.79 Å². The van der Waals surface area contributed by atoms with E-state index in [1.54, 1.807) is 0 Å². The van der Waals surface area contributed by atoms with Gasteiger partial charge in [-0.05, 0) is 18.6 Å². The number of aryl methyl sites for hydroxylation is 1. The van der Waals surface area contributed by atoms with E-state index in [-0.39, 0.29) is 10.5 Å². The first kappa shape index (κ1) is 16.1. The minimum Gasteiger partial charge on any atom is -0.408 e. The number of nitrogens with one attached hydrogen (secondary N) is 2. The molecule has 2 N–H and O–H groups in total. The molecule has 22 heavy (non-hydrogen) atoms. The molecule has 0 bridgehead atoms. The zero-order valence-corrected chi connectivity index (χ0v) is 13.1. The highest BCUT2D eigenvalue weighted by Gasteiger charge is 2.19. The quantitative estimate of drug-likeness (QED) is 0.793. The second kappa shape index (κ2) is 6.22. The minimum absolute atomic E-state index is 0.141. The van der Waals surface area contributed by atoms with E-state index in [0.717, 1.165) is 12.8 Å². The van der Waals surface area contributed by atoms with Crippen LogP contribution < -0.4 is 15.8 Å². The van der Waals surface area contributed by atoms with Gasteiger partial charge in [-0.2, -0.15) is 0 Å².